The van der Waals surface area contributed by atoms with Gasteiger partial charge in [-0.15, -0.1) is 12.4 Å². The van der Waals surface area contributed by atoms with Crippen molar-refractivity contribution in [3.8, 4) is 0 Å². The third kappa shape index (κ3) is 3.72. The van der Waals surface area contributed by atoms with Crippen LogP contribution in [-0.2, 0) is 11.3 Å². The van der Waals surface area contributed by atoms with Crippen LogP contribution in [0.25, 0.3) is 0 Å². The molecule has 26 heavy (non-hydrogen) atoms. The highest BCUT2D eigenvalue weighted by atomic mass is 35.5. The van der Waals surface area contributed by atoms with Crippen LogP contribution in [0, 0.1) is 17.2 Å². The van der Waals surface area contributed by atoms with Gasteiger partial charge in [-0.1, -0.05) is 17.7 Å². The van der Waals surface area contributed by atoms with Gasteiger partial charge >= 0.3 is 0 Å². The van der Waals surface area contributed by atoms with Crippen LogP contribution < -0.4 is 10.6 Å². The lowest BCUT2D eigenvalue weighted by atomic mass is 9.92. The maximum Gasteiger partial charge on any atom is 0.229 e. The minimum absolute atomic E-state index is 0. The van der Waals surface area contributed by atoms with Crippen LogP contribution in [0.3, 0.4) is 0 Å². The number of nitrogens with one attached hydrogen (secondary N) is 2. The zero-order valence-corrected chi connectivity index (χ0v) is 15.7. The number of hydrogen-bond acceptors (Lipinski definition) is 3. The summed E-state index contributed by atoms with van der Waals surface area (Å²) in [5, 5.41) is 10.7. The Balaban J connectivity index is 0.00000196. The Morgan fingerprint density at radius 1 is 1.38 bits per heavy atom. The van der Waals surface area contributed by atoms with Gasteiger partial charge in [0.05, 0.1) is 17.8 Å². The summed E-state index contributed by atoms with van der Waals surface area (Å²) in [7, 11) is 0. The highest BCUT2D eigenvalue weighted by Crippen LogP contribution is 2.58. The van der Waals surface area contributed by atoms with Crippen molar-refractivity contribution in [2.75, 3.05) is 18.4 Å². The van der Waals surface area contributed by atoms with E-state index >= 15 is 0 Å². The lowest BCUT2D eigenvalue weighted by Gasteiger charge is -2.23. The molecule has 2 fully saturated rings. The maximum atomic E-state index is 13.6. The molecule has 8 heteroatoms. The Labute approximate surface area is 162 Å². The van der Waals surface area contributed by atoms with Crippen molar-refractivity contribution in [3.63, 3.8) is 0 Å². The van der Waals surface area contributed by atoms with Crippen LogP contribution in [0.4, 0.5) is 10.2 Å². The molecule has 5 nitrogen and oxygen atoms in total. The molecule has 0 radical (unpaired) electrons. The van der Waals surface area contributed by atoms with E-state index in [0.29, 0.717) is 12.4 Å². The van der Waals surface area contributed by atoms with Gasteiger partial charge in [0.1, 0.15) is 11.6 Å². The first-order chi connectivity index (χ1) is 12.1. The Morgan fingerprint density at radius 2 is 2.15 bits per heavy atom. The van der Waals surface area contributed by atoms with Crippen molar-refractivity contribution >= 4 is 35.7 Å². The topological polar surface area (TPSA) is 59.0 Å². The molecule has 1 saturated carbocycles. The van der Waals surface area contributed by atoms with Crippen molar-refractivity contribution in [1.29, 1.82) is 0 Å². The van der Waals surface area contributed by atoms with E-state index < -0.39 is 5.82 Å². The molecule has 140 valence electrons. The first-order valence-corrected chi connectivity index (χ1v) is 8.93. The second-order valence-corrected chi connectivity index (χ2v) is 7.39. The number of hydrogen-bond donors (Lipinski definition) is 2. The molecule has 2 aromatic rings. The summed E-state index contributed by atoms with van der Waals surface area (Å²) in [6.45, 7) is 2.35. The van der Waals surface area contributed by atoms with E-state index in [-0.39, 0.29) is 34.7 Å². The SMILES string of the molecule is Cl.O=C(Nc1ccnn1Cc1ccc(Cl)c(F)c1)C1CC12CCNCC2. The molecule has 1 atom stereocenters. The summed E-state index contributed by atoms with van der Waals surface area (Å²) in [6, 6.07) is 6.44. The number of carbonyl (C=O) groups excluding carboxylic acids is 1. The number of halogens is 3. The second-order valence-electron chi connectivity index (χ2n) is 6.98. The summed E-state index contributed by atoms with van der Waals surface area (Å²) in [4.78, 5) is 12.6. The van der Waals surface area contributed by atoms with Crippen molar-refractivity contribution < 1.29 is 9.18 Å². The van der Waals surface area contributed by atoms with E-state index in [1.807, 2.05) is 0 Å². The number of benzene rings is 1. The summed E-state index contributed by atoms with van der Waals surface area (Å²) >= 11 is 5.72. The summed E-state index contributed by atoms with van der Waals surface area (Å²) in [6.07, 6.45) is 4.73. The minimum atomic E-state index is -0.456. The van der Waals surface area contributed by atoms with Crippen molar-refractivity contribution in [1.82, 2.24) is 15.1 Å². The van der Waals surface area contributed by atoms with E-state index in [2.05, 4.69) is 15.7 Å². The Morgan fingerprint density at radius 3 is 2.88 bits per heavy atom. The van der Waals surface area contributed by atoms with Gasteiger partial charge in [0, 0.05) is 12.0 Å². The Bertz CT molecular complexity index is 804. The van der Waals surface area contributed by atoms with Gasteiger partial charge in [0.25, 0.3) is 0 Å². The van der Waals surface area contributed by atoms with Gasteiger partial charge in [0.15, 0.2) is 0 Å². The number of rotatable bonds is 4. The van der Waals surface area contributed by atoms with Gasteiger partial charge in [-0.3, -0.25) is 4.79 Å². The van der Waals surface area contributed by atoms with Crippen molar-refractivity contribution in [2.24, 2.45) is 11.3 Å². The maximum absolute atomic E-state index is 13.6. The number of amides is 1. The molecule has 2 N–H and O–H groups in total. The van der Waals surface area contributed by atoms with Gasteiger partial charge in [-0.25, -0.2) is 9.07 Å². The van der Waals surface area contributed by atoms with E-state index in [1.165, 1.54) is 12.1 Å². The molecule has 1 saturated heterocycles. The average molecular weight is 399 g/mol. The van der Waals surface area contributed by atoms with Crippen molar-refractivity contribution in [3.05, 3.63) is 46.9 Å². The number of nitrogens with zero attached hydrogens (tertiary/aromatic N) is 2. The average Bonchev–Trinajstić information content (AvgIpc) is 3.12. The molecule has 1 aliphatic carbocycles. The first-order valence-electron chi connectivity index (χ1n) is 8.55. The fraction of sp³-hybridized carbons (Fsp3) is 0.444. The molecule has 1 aliphatic heterocycles. The molecule has 0 bridgehead atoms. The number of anilines is 1. The monoisotopic (exact) mass is 398 g/mol. The normalized spacial score (nSPS) is 20.5. The lowest BCUT2D eigenvalue weighted by molar-refractivity contribution is -0.118. The predicted molar refractivity (Wildman–Crippen MR) is 101 cm³/mol. The van der Waals surface area contributed by atoms with Crippen LogP contribution in [0.15, 0.2) is 30.5 Å². The van der Waals surface area contributed by atoms with Gasteiger partial charge in [-0.05, 0) is 55.5 Å². The van der Waals surface area contributed by atoms with Crippen LogP contribution >= 0.6 is 24.0 Å². The number of piperidine rings is 1. The molecule has 1 amide bonds. The Hall–Kier alpha value is -1.63. The standard InChI is InChI=1S/C18H20ClFN4O.ClH/c19-14-2-1-12(9-15(14)20)11-24-16(3-6-22-24)23-17(25)13-10-18(13)4-7-21-8-5-18;/h1-3,6,9,13,21H,4-5,7-8,10-11H2,(H,23,25);1H. The molecule has 2 aliphatic rings. The second kappa shape index (κ2) is 7.55. The third-order valence-electron chi connectivity index (χ3n) is 5.39. The smallest absolute Gasteiger partial charge is 0.229 e. The molecule has 4 rings (SSSR count). The zero-order valence-electron chi connectivity index (χ0n) is 14.2. The van der Waals surface area contributed by atoms with Crippen LogP contribution in [0.1, 0.15) is 24.8 Å². The quantitative estimate of drug-likeness (QED) is 0.828. The zero-order chi connectivity index (χ0) is 17.4. The lowest BCUT2D eigenvalue weighted by Crippen LogP contribution is -2.31. The molecule has 1 spiro atoms. The molecular weight excluding hydrogens is 378 g/mol. The Kier molecular flexibility index (Phi) is 5.55. The third-order valence-corrected chi connectivity index (χ3v) is 5.70. The highest BCUT2D eigenvalue weighted by molar-refractivity contribution is 6.30. The summed E-state index contributed by atoms with van der Waals surface area (Å²) < 4.78 is 15.3. The molecule has 1 aromatic heterocycles. The van der Waals surface area contributed by atoms with E-state index in [9.17, 15) is 9.18 Å². The minimum Gasteiger partial charge on any atom is -0.317 e. The number of aromatic nitrogens is 2. The van der Waals surface area contributed by atoms with E-state index in [0.717, 1.165) is 37.9 Å². The highest BCUT2D eigenvalue weighted by Gasteiger charge is 2.57. The van der Waals surface area contributed by atoms with Gasteiger partial charge < -0.3 is 10.6 Å². The van der Waals surface area contributed by atoms with E-state index in [1.54, 1.807) is 23.0 Å². The first kappa shape index (κ1) is 19.1. The van der Waals surface area contributed by atoms with Gasteiger partial charge in [-0.2, -0.15) is 5.10 Å². The van der Waals surface area contributed by atoms with Crippen LogP contribution in [-0.4, -0.2) is 28.8 Å². The molecule has 1 aromatic carbocycles. The molecule has 2 heterocycles. The van der Waals surface area contributed by atoms with E-state index in [4.69, 9.17) is 11.6 Å². The summed E-state index contributed by atoms with van der Waals surface area (Å²) in [5.74, 6) is 0.330. The van der Waals surface area contributed by atoms with Crippen LogP contribution in [0.2, 0.25) is 5.02 Å². The molecular formula is C18H21Cl2FN4O. The molecule has 1 unspecified atom stereocenters. The van der Waals surface area contributed by atoms with Gasteiger partial charge in [0.2, 0.25) is 5.91 Å². The predicted octanol–water partition coefficient (Wildman–Crippen LogP) is 3.47. The summed E-state index contributed by atoms with van der Waals surface area (Å²) in [5.41, 5.74) is 0.932. The fourth-order valence-corrected chi connectivity index (χ4v) is 3.90. The number of carbonyl (C=O) groups is 1. The van der Waals surface area contributed by atoms with Crippen molar-refractivity contribution in [2.45, 2.75) is 25.8 Å². The largest absolute Gasteiger partial charge is 0.317 e. The fourth-order valence-electron chi connectivity index (χ4n) is 3.78. The van der Waals surface area contributed by atoms with Crippen LogP contribution in [0.5, 0.6) is 0 Å².